The highest BCUT2D eigenvalue weighted by Crippen LogP contribution is 2.23. The van der Waals surface area contributed by atoms with E-state index in [4.69, 9.17) is 4.84 Å². The van der Waals surface area contributed by atoms with Crippen LogP contribution in [-0.4, -0.2) is 23.5 Å². The summed E-state index contributed by atoms with van der Waals surface area (Å²) in [7, 11) is 0. The van der Waals surface area contributed by atoms with Gasteiger partial charge in [0.15, 0.2) is 0 Å². The van der Waals surface area contributed by atoms with E-state index >= 15 is 0 Å². The second-order valence-corrected chi connectivity index (χ2v) is 3.58. The highest BCUT2D eigenvalue weighted by molar-refractivity contribution is 4.73. The summed E-state index contributed by atoms with van der Waals surface area (Å²) in [5.74, 6) is 0. The maximum Gasteiger partial charge on any atom is 0.219 e. The largest absolute Gasteiger partial charge is 0.261 e. The highest BCUT2D eigenvalue weighted by atomic mass is 19.1. The van der Waals surface area contributed by atoms with Crippen LogP contribution in [0.25, 0.3) is 0 Å². The summed E-state index contributed by atoms with van der Waals surface area (Å²) in [4.78, 5) is 4.89. The minimum absolute atomic E-state index is 0.0686. The lowest BCUT2D eigenvalue weighted by atomic mass is 10.1. The maximum atomic E-state index is 12.4. The zero-order valence-corrected chi connectivity index (χ0v) is 6.72. The Morgan fingerprint density at radius 2 is 2.10 bits per heavy atom. The van der Waals surface area contributed by atoms with E-state index in [0.29, 0.717) is 13.0 Å². The number of halogens is 1. The fraction of sp³-hybridized carbons (Fsp3) is 1.00. The minimum atomic E-state index is -1.08. The first kappa shape index (κ1) is 7.95. The first-order valence-electron chi connectivity index (χ1n) is 3.58. The van der Waals surface area contributed by atoms with Crippen molar-refractivity contribution >= 4 is 0 Å². The van der Waals surface area contributed by atoms with Crippen molar-refractivity contribution in [3.05, 3.63) is 0 Å². The molecule has 0 amide bonds. The van der Waals surface area contributed by atoms with Gasteiger partial charge in [-0.3, -0.25) is 4.84 Å². The van der Waals surface area contributed by atoms with Crippen LogP contribution in [-0.2, 0) is 4.84 Å². The lowest BCUT2D eigenvalue weighted by Crippen LogP contribution is -2.38. The fourth-order valence-electron chi connectivity index (χ4n) is 0.956. The van der Waals surface area contributed by atoms with Crippen molar-refractivity contribution < 1.29 is 9.23 Å². The quantitative estimate of drug-likeness (QED) is 0.517. The molecule has 1 heterocycles. The normalized spacial score (nSPS) is 29.4. The van der Waals surface area contributed by atoms with Crippen molar-refractivity contribution in [1.82, 2.24) is 5.06 Å². The van der Waals surface area contributed by atoms with Gasteiger partial charge in [-0.1, -0.05) is 0 Å². The average Bonchev–Trinajstić information content (AvgIpc) is 2.11. The van der Waals surface area contributed by atoms with Gasteiger partial charge in [0.2, 0.25) is 6.36 Å². The van der Waals surface area contributed by atoms with E-state index in [1.54, 1.807) is 5.06 Å². The third-order valence-corrected chi connectivity index (χ3v) is 1.55. The zero-order valence-electron chi connectivity index (χ0n) is 6.72. The van der Waals surface area contributed by atoms with Gasteiger partial charge in [0, 0.05) is 18.5 Å². The predicted molar refractivity (Wildman–Crippen MR) is 37.1 cm³/mol. The van der Waals surface area contributed by atoms with Gasteiger partial charge in [0.05, 0.1) is 0 Å². The molecule has 0 unspecified atom stereocenters. The van der Waals surface area contributed by atoms with Gasteiger partial charge in [-0.25, -0.2) is 4.39 Å². The summed E-state index contributed by atoms with van der Waals surface area (Å²) in [6.45, 7) is 6.71. The molecule has 60 valence electrons. The Labute approximate surface area is 60.9 Å². The SMILES string of the molecule is CC(C)(C)N1CC[C@H](F)O1. The zero-order chi connectivity index (χ0) is 7.78. The molecule has 1 saturated heterocycles. The summed E-state index contributed by atoms with van der Waals surface area (Å²) in [5, 5.41) is 1.69. The number of hydrogen-bond donors (Lipinski definition) is 0. The van der Waals surface area contributed by atoms with Crippen molar-refractivity contribution in [3.63, 3.8) is 0 Å². The van der Waals surface area contributed by atoms with E-state index in [0.717, 1.165) is 0 Å². The third-order valence-electron chi connectivity index (χ3n) is 1.55. The molecule has 1 fully saturated rings. The Morgan fingerprint density at radius 3 is 2.30 bits per heavy atom. The van der Waals surface area contributed by atoms with Gasteiger partial charge >= 0.3 is 0 Å². The second kappa shape index (κ2) is 2.47. The second-order valence-electron chi connectivity index (χ2n) is 3.58. The smallest absolute Gasteiger partial charge is 0.219 e. The van der Waals surface area contributed by atoms with Gasteiger partial charge < -0.3 is 0 Å². The summed E-state index contributed by atoms with van der Waals surface area (Å²) < 4.78 is 12.4. The Morgan fingerprint density at radius 1 is 1.50 bits per heavy atom. The maximum absolute atomic E-state index is 12.4. The van der Waals surface area contributed by atoms with E-state index in [2.05, 4.69) is 0 Å². The van der Waals surface area contributed by atoms with Gasteiger partial charge in [0.25, 0.3) is 0 Å². The van der Waals surface area contributed by atoms with Crippen molar-refractivity contribution in [2.75, 3.05) is 6.54 Å². The molecule has 0 aromatic rings. The van der Waals surface area contributed by atoms with Gasteiger partial charge in [-0.05, 0) is 20.8 Å². The molecular formula is C7H14FNO. The first-order valence-corrected chi connectivity index (χ1v) is 3.58. The highest BCUT2D eigenvalue weighted by Gasteiger charge is 2.31. The summed E-state index contributed by atoms with van der Waals surface area (Å²) in [6, 6.07) is 0. The molecule has 0 spiro atoms. The minimum Gasteiger partial charge on any atom is -0.261 e. The van der Waals surface area contributed by atoms with Crippen molar-refractivity contribution in [3.8, 4) is 0 Å². The number of rotatable bonds is 0. The van der Waals surface area contributed by atoms with Crippen molar-refractivity contribution in [2.45, 2.75) is 39.1 Å². The number of alkyl halides is 1. The van der Waals surface area contributed by atoms with Gasteiger partial charge in [-0.2, -0.15) is 5.06 Å². The Balaban J connectivity index is 2.45. The molecule has 0 aliphatic carbocycles. The molecule has 0 N–H and O–H groups in total. The lowest BCUT2D eigenvalue weighted by molar-refractivity contribution is -0.224. The first-order chi connectivity index (χ1) is 4.50. The Kier molecular flexibility index (Phi) is 1.97. The number of nitrogens with zero attached hydrogens (tertiary/aromatic N) is 1. The third kappa shape index (κ3) is 1.67. The van der Waals surface area contributed by atoms with Crippen LogP contribution < -0.4 is 0 Å². The van der Waals surface area contributed by atoms with E-state index in [-0.39, 0.29) is 5.54 Å². The van der Waals surface area contributed by atoms with E-state index < -0.39 is 6.36 Å². The van der Waals surface area contributed by atoms with E-state index in [1.165, 1.54) is 0 Å². The van der Waals surface area contributed by atoms with Gasteiger partial charge in [-0.15, -0.1) is 0 Å². The molecule has 2 nitrogen and oxygen atoms in total. The van der Waals surface area contributed by atoms with Gasteiger partial charge in [0.1, 0.15) is 0 Å². The molecule has 0 bridgehead atoms. The molecule has 1 rings (SSSR count). The van der Waals surface area contributed by atoms with Crippen LogP contribution in [0.3, 0.4) is 0 Å². The molecule has 0 radical (unpaired) electrons. The molecule has 1 aliphatic rings. The standard InChI is InChI=1S/C7H14FNO/c1-7(2,3)9-5-4-6(8)10-9/h6H,4-5H2,1-3H3/t6-/m1/s1. The summed E-state index contributed by atoms with van der Waals surface area (Å²) >= 11 is 0. The van der Waals surface area contributed by atoms with Crippen LogP contribution in [0, 0.1) is 0 Å². The topological polar surface area (TPSA) is 12.5 Å². The molecule has 10 heavy (non-hydrogen) atoms. The van der Waals surface area contributed by atoms with Crippen LogP contribution in [0.2, 0.25) is 0 Å². The fourth-order valence-corrected chi connectivity index (χ4v) is 0.956. The van der Waals surface area contributed by atoms with Crippen LogP contribution in [0.5, 0.6) is 0 Å². The molecular weight excluding hydrogens is 133 g/mol. The lowest BCUT2D eigenvalue weighted by Gasteiger charge is -2.29. The predicted octanol–water partition coefficient (Wildman–Crippen LogP) is 1.72. The Bertz CT molecular complexity index is 121. The van der Waals surface area contributed by atoms with Crippen LogP contribution >= 0.6 is 0 Å². The van der Waals surface area contributed by atoms with Crippen LogP contribution in [0.4, 0.5) is 4.39 Å². The molecule has 3 heteroatoms. The molecule has 0 aromatic carbocycles. The van der Waals surface area contributed by atoms with Crippen LogP contribution in [0.15, 0.2) is 0 Å². The molecule has 0 aromatic heterocycles. The number of hydrogen-bond acceptors (Lipinski definition) is 2. The van der Waals surface area contributed by atoms with Crippen molar-refractivity contribution in [2.24, 2.45) is 0 Å². The average molecular weight is 147 g/mol. The summed E-state index contributed by atoms with van der Waals surface area (Å²) in [5.41, 5.74) is -0.0686. The molecule has 0 saturated carbocycles. The summed E-state index contributed by atoms with van der Waals surface area (Å²) in [6.07, 6.45) is -0.587. The monoisotopic (exact) mass is 147 g/mol. The Hall–Kier alpha value is -0.150. The van der Waals surface area contributed by atoms with Crippen LogP contribution in [0.1, 0.15) is 27.2 Å². The van der Waals surface area contributed by atoms with E-state index in [9.17, 15) is 4.39 Å². The van der Waals surface area contributed by atoms with E-state index in [1.807, 2.05) is 20.8 Å². The number of hydroxylamine groups is 2. The molecule has 1 atom stereocenters. The molecule has 1 aliphatic heterocycles. The van der Waals surface area contributed by atoms with Crippen molar-refractivity contribution in [1.29, 1.82) is 0 Å².